The van der Waals surface area contributed by atoms with E-state index in [-0.39, 0.29) is 17.9 Å². The summed E-state index contributed by atoms with van der Waals surface area (Å²) in [6.45, 7) is 2.29. The number of primary amides is 1. The first-order chi connectivity index (χ1) is 12.0. The van der Waals surface area contributed by atoms with Crippen molar-refractivity contribution in [3.8, 4) is 0 Å². The number of methoxy groups -OCH3 is 1. The van der Waals surface area contributed by atoms with E-state index < -0.39 is 0 Å². The van der Waals surface area contributed by atoms with Crippen LogP contribution < -0.4 is 11.1 Å². The van der Waals surface area contributed by atoms with Crippen LogP contribution in [0, 0.1) is 5.92 Å². The predicted octanol–water partition coefficient (Wildman–Crippen LogP) is 2.19. The fraction of sp³-hybridized carbons (Fsp3) is 0.556. The lowest BCUT2D eigenvalue weighted by Gasteiger charge is -2.35. The lowest BCUT2D eigenvalue weighted by Crippen LogP contribution is -2.48. The highest BCUT2D eigenvalue weighted by molar-refractivity contribution is 6.30. The number of carbonyl (C=O) groups is 1. The van der Waals surface area contributed by atoms with E-state index in [1.165, 1.54) is 0 Å². The van der Waals surface area contributed by atoms with Gasteiger partial charge in [-0.2, -0.15) is 0 Å². The van der Waals surface area contributed by atoms with Gasteiger partial charge in [-0.25, -0.2) is 0 Å². The molecule has 138 valence electrons. The van der Waals surface area contributed by atoms with Gasteiger partial charge in [0.25, 0.3) is 0 Å². The number of hydrogen-bond donors (Lipinski definition) is 2. The number of hydrogen-bond acceptors (Lipinski definition) is 3. The maximum atomic E-state index is 11.2. The SMILES string of the molecule is CN=C(NCC(OC)c1cccc(Cl)c1)N1CCCC(CC(N)=O)C1. The summed E-state index contributed by atoms with van der Waals surface area (Å²) in [5, 5.41) is 4.06. The standard InChI is InChI=1S/C18H27ClN4O2/c1-21-18(23-8-4-5-13(12-23)9-17(20)24)22-11-16(25-2)14-6-3-7-15(19)10-14/h3,6-7,10,13,16H,4-5,8-9,11-12H2,1-2H3,(H2,20,24)(H,21,22). The zero-order chi connectivity index (χ0) is 18.2. The van der Waals surface area contributed by atoms with Gasteiger partial charge in [0.2, 0.25) is 5.91 Å². The van der Waals surface area contributed by atoms with Gasteiger partial charge in [-0.3, -0.25) is 9.79 Å². The van der Waals surface area contributed by atoms with Crippen LogP contribution in [0.4, 0.5) is 0 Å². The van der Waals surface area contributed by atoms with Crippen molar-refractivity contribution >= 4 is 23.5 Å². The van der Waals surface area contributed by atoms with E-state index in [1.807, 2.05) is 24.3 Å². The molecule has 2 atom stereocenters. The first kappa shape index (κ1) is 19.5. The molecule has 1 fully saturated rings. The topological polar surface area (TPSA) is 80.0 Å². The van der Waals surface area contributed by atoms with E-state index in [0.717, 1.165) is 37.5 Å². The van der Waals surface area contributed by atoms with Crippen LogP contribution in [0.25, 0.3) is 0 Å². The molecule has 2 rings (SSSR count). The number of nitrogens with one attached hydrogen (secondary N) is 1. The molecule has 1 aromatic carbocycles. The number of halogens is 1. The highest BCUT2D eigenvalue weighted by atomic mass is 35.5. The molecule has 1 saturated heterocycles. The van der Waals surface area contributed by atoms with Crippen LogP contribution in [0.1, 0.15) is 30.9 Å². The Morgan fingerprint density at radius 1 is 1.56 bits per heavy atom. The molecule has 6 nitrogen and oxygen atoms in total. The van der Waals surface area contributed by atoms with E-state index in [1.54, 1.807) is 14.2 Å². The average molecular weight is 367 g/mol. The second kappa shape index (κ2) is 9.63. The summed E-state index contributed by atoms with van der Waals surface area (Å²) in [4.78, 5) is 17.7. The molecular weight excluding hydrogens is 340 g/mol. The molecule has 25 heavy (non-hydrogen) atoms. The lowest BCUT2D eigenvalue weighted by atomic mass is 9.95. The van der Waals surface area contributed by atoms with Crippen LogP contribution in [0.5, 0.6) is 0 Å². The molecule has 3 N–H and O–H groups in total. The van der Waals surface area contributed by atoms with Crippen LogP contribution in [0.3, 0.4) is 0 Å². The number of guanidine groups is 1. The minimum absolute atomic E-state index is 0.123. The number of carbonyl (C=O) groups excluding carboxylic acids is 1. The zero-order valence-electron chi connectivity index (χ0n) is 14.9. The maximum absolute atomic E-state index is 11.2. The monoisotopic (exact) mass is 366 g/mol. The molecule has 7 heteroatoms. The number of aliphatic imine (C=N–C) groups is 1. The number of amides is 1. The third-order valence-corrected chi connectivity index (χ3v) is 4.71. The third kappa shape index (κ3) is 5.90. The molecule has 0 saturated carbocycles. The smallest absolute Gasteiger partial charge is 0.217 e. The van der Waals surface area contributed by atoms with Gasteiger partial charge in [-0.1, -0.05) is 23.7 Å². The molecule has 1 heterocycles. The molecule has 0 aromatic heterocycles. The van der Waals surface area contributed by atoms with Crippen molar-refractivity contribution < 1.29 is 9.53 Å². The minimum atomic E-state index is -0.241. The van der Waals surface area contributed by atoms with Crippen LogP contribution in [0.15, 0.2) is 29.3 Å². The molecule has 0 radical (unpaired) electrons. The normalized spacial score (nSPS) is 19.6. The van der Waals surface area contributed by atoms with E-state index in [2.05, 4.69) is 15.2 Å². The van der Waals surface area contributed by atoms with Gasteiger partial charge in [-0.05, 0) is 36.5 Å². The second-order valence-corrected chi connectivity index (χ2v) is 6.77. The number of likely N-dealkylation sites (tertiary alicyclic amines) is 1. The molecule has 0 bridgehead atoms. The maximum Gasteiger partial charge on any atom is 0.217 e. The molecule has 1 aromatic rings. The van der Waals surface area contributed by atoms with Gasteiger partial charge in [0.05, 0.1) is 6.10 Å². The van der Waals surface area contributed by atoms with Crippen molar-refractivity contribution in [3.05, 3.63) is 34.9 Å². The Balaban J connectivity index is 1.95. The molecule has 2 unspecified atom stereocenters. The minimum Gasteiger partial charge on any atom is -0.375 e. The number of ether oxygens (including phenoxy) is 1. The molecule has 1 aliphatic heterocycles. The van der Waals surface area contributed by atoms with Gasteiger partial charge >= 0.3 is 0 Å². The van der Waals surface area contributed by atoms with E-state index in [0.29, 0.717) is 18.0 Å². The van der Waals surface area contributed by atoms with Crippen molar-refractivity contribution in [2.45, 2.75) is 25.4 Å². The van der Waals surface area contributed by atoms with Crippen LogP contribution in [-0.2, 0) is 9.53 Å². The fourth-order valence-electron chi connectivity index (χ4n) is 3.27. The van der Waals surface area contributed by atoms with Crippen molar-refractivity contribution in [2.24, 2.45) is 16.6 Å². The van der Waals surface area contributed by atoms with E-state index in [4.69, 9.17) is 22.1 Å². The number of piperidine rings is 1. The Morgan fingerprint density at radius 3 is 3.00 bits per heavy atom. The summed E-state index contributed by atoms with van der Waals surface area (Å²) >= 11 is 6.07. The van der Waals surface area contributed by atoms with E-state index in [9.17, 15) is 4.79 Å². The van der Waals surface area contributed by atoms with Crippen molar-refractivity contribution in [3.63, 3.8) is 0 Å². The number of rotatable bonds is 6. The summed E-state index contributed by atoms with van der Waals surface area (Å²) in [5.74, 6) is 0.865. The molecule has 1 amide bonds. The summed E-state index contributed by atoms with van der Waals surface area (Å²) in [6, 6.07) is 7.66. The Hall–Kier alpha value is -1.79. The average Bonchev–Trinajstić information content (AvgIpc) is 2.58. The fourth-order valence-corrected chi connectivity index (χ4v) is 3.47. The first-order valence-electron chi connectivity index (χ1n) is 8.55. The summed E-state index contributed by atoms with van der Waals surface area (Å²) < 4.78 is 5.59. The highest BCUT2D eigenvalue weighted by Crippen LogP contribution is 2.21. The van der Waals surface area contributed by atoms with Gasteiger partial charge in [0, 0.05) is 45.2 Å². The summed E-state index contributed by atoms with van der Waals surface area (Å²) in [6.07, 6.45) is 2.36. The van der Waals surface area contributed by atoms with Crippen LogP contribution in [0.2, 0.25) is 5.02 Å². The van der Waals surface area contributed by atoms with Gasteiger partial charge in [-0.15, -0.1) is 0 Å². The summed E-state index contributed by atoms with van der Waals surface area (Å²) in [5.41, 5.74) is 6.36. The number of nitrogens with zero attached hydrogens (tertiary/aromatic N) is 2. The second-order valence-electron chi connectivity index (χ2n) is 6.33. The predicted molar refractivity (Wildman–Crippen MR) is 101 cm³/mol. The van der Waals surface area contributed by atoms with Gasteiger partial charge in [0.1, 0.15) is 0 Å². The number of benzene rings is 1. The number of nitrogens with two attached hydrogens (primary N) is 1. The molecule has 0 aliphatic carbocycles. The summed E-state index contributed by atoms with van der Waals surface area (Å²) in [7, 11) is 3.45. The third-order valence-electron chi connectivity index (χ3n) is 4.47. The Morgan fingerprint density at radius 2 is 2.36 bits per heavy atom. The van der Waals surface area contributed by atoms with Gasteiger partial charge in [0.15, 0.2) is 5.96 Å². The Kier molecular flexibility index (Phi) is 7.52. The lowest BCUT2D eigenvalue weighted by molar-refractivity contribution is -0.119. The van der Waals surface area contributed by atoms with E-state index >= 15 is 0 Å². The first-order valence-corrected chi connectivity index (χ1v) is 8.93. The van der Waals surface area contributed by atoms with Crippen LogP contribution >= 0.6 is 11.6 Å². The van der Waals surface area contributed by atoms with Crippen LogP contribution in [-0.4, -0.2) is 50.6 Å². The quantitative estimate of drug-likeness (QED) is 0.597. The molecule has 1 aliphatic rings. The largest absolute Gasteiger partial charge is 0.375 e. The Bertz CT molecular complexity index is 608. The van der Waals surface area contributed by atoms with Crippen molar-refractivity contribution in [1.82, 2.24) is 10.2 Å². The highest BCUT2D eigenvalue weighted by Gasteiger charge is 2.24. The Labute approximate surface area is 154 Å². The van der Waals surface area contributed by atoms with Crippen molar-refractivity contribution in [1.29, 1.82) is 0 Å². The van der Waals surface area contributed by atoms with Crippen molar-refractivity contribution in [2.75, 3.05) is 33.8 Å². The molecular formula is C18H27ClN4O2. The zero-order valence-corrected chi connectivity index (χ0v) is 15.6. The van der Waals surface area contributed by atoms with Gasteiger partial charge < -0.3 is 20.7 Å². The molecule has 0 spiro atoms.